The number of benzene rings is 3. The van der Waals surface area contributed by atoms with Crippen LogP contribution in [0, 0.1) is 5.82 Å². The number of hydrogen-bond acceptors (Lipinski definition) is 3. The summed E-state index contributed by atoms with van der Waals surface area (Å²) < 4.78 is 13.2. The van der Waals surface area contributed by atoms with E-state index >= 15 is 0 Å². The van der Waals surface area contributed by atoms with Crippen LogP contribution in [0.25, 0.3) is 11.1 Å². The lowest BCUT2D eigenvalue weighted by Gasteiger charge is -2.10. The van der Waals surface area contributed by atoms with Crippen LogP contribution in [0.1, 0.15) is 10.4 Å². The normalized spacial score (nSPS) is 10.2. The Kier molecular flexibility index (Phi) is 6.39. The van der Waals surface area contributed by atoms with Crippen molar-refractivity contribution in [2.45, 2.75) is 0 Å². The molecule has 3 aromatic rings. The van der Waals surface area contributed by atoms with Crippen molar-refractivity contribution in [2.24, 2.45) is 0 Å². The van der Waals surface area contributed by atoms with Gasteiger partial charge in [-0.25, -0.2) is 9.18 Å². The fraction of sp³-hybridized carbons (Fsp3) is 0.0455. The van der Waals surface area contributed by atoms with Crippen LogP contribution in [0.3, 0.4) is 0 Å². The summed E-state index contributed by atoms with van der Waals surface area (Å²) in [5.74, 6) is -2.05. The Morgan fingerprint density at radius 3 is 2.07 bits per heavy atom. The first kappa shape index (κ1) is 20.5. The first-order chi connectivity index (χ1) is 14.4. The van der Waals surface area contributed by atoms with Crippen LogP contribution in [0.2, 0.25) is 0 Å². The molecule has 0 radical (unpaired) electrons. The zero-order valence-corrected chi connectivity index (χ0v) is 15.7. The van der Waals surface area contributed by atoms with Crippen LogP contribution in [0.15, 0.2) is 72.8 Å². The van der Waals surface area contributed by atoms with Gasteiger partial charge in [0.25, 0.3) is 5.91 Å². The van der Waals surface area contributed by atoms with Crippen molar-refractivity contribution in [3.05, 3.63) is 84.2 Å². The van der Waals surface area contributed by atoms with E-state index in [4.69, 9.17) is 5.11 Å². The molecular weight excluding hydrogens is 389 g/mol. The number of carbonyl (C=O) groups is 3. The van der Waals surface area contributed by atoms with Crippen molar-refractivity contribution in [3.8, 4) is 11.1 Å². The van der Waals surface area contributed by atoms with Gasteiger partial charge in [-0.1, -0.05) is 30.3 Å². The molecule has 0 aliphatic rings. The van der Waals surface area contributed by atoms with Gasteiger partial charge in [0.1, 0.15) is 12.4 Å². The number of aliphatic carboxylic acids is 1. The highest BCUT2D eigenvalue weighted by Crippen LogP contribution is 2.23. The number of hydrogen-bond donors (Lipinski definition) is 4. The van der Waals surface area contributed by atoms with Gasteiger partial charge in [-0.15, -0.1) is 0 Å². The molecule has 30 heavy (non-hydrogen) atoms. The van der Waals surface area contributed by atoms with Gasteiger partial charge in [-0.2, -0.15) is 0 Å². The van der Waals surface area contributed by atoms with Crippen molar-refractivity contribution in [1.82, 2.24) is 5.32 Å². The summed E-state index contributed by atoms with van der Waals surface area (Å²) in [6.07, 6.45) is 0. The number of amides is 3. The molecule has 3 rings (SSSR count). The number of nitrogens with one attached hydrogen (secondary N) is 3. The van der Waals surface area contributed by atoms with E-state index in [1.807, 2.05) is 6.07 Å². The van der Waals surface area contributed by atoms with Gasteiger partial charge in [-0.05, 0) is 53.6 Å². The summed E-state index contributed by atoms with van der Waals surface area (Å²) in [7, 11) is 0. The fourth-order valence-corrected chi connectivity index (χ4v) is 2.71. The van der Waals surface area contributed by atoms with E-state index in [2.05, 4.69) is 16.0 Å². The topological polar surface area (TPSA) is 108 Å². The lowest BCUT2D eigenvalue weighted by Crippen LogP contribution is -2.29. The molecule has 0 aliphatic heterocycles. The summed E-state index contributed by atoms with van der Waals surface area (Å²) in [5.41, 5.74) is 2.81. The number of rotatable bonds is 6. The van der Waals surface area contributed by atoms with E-state index in [-0.39, 0.29) is 0 Å². The third-order valence-electron chi connectivity index (χ3n) is 4.08. The molecule has 0 aromatic heterocycles. The van der Waals surface area contributed by atoms with E-state index < -0.39 is 30.3 Å². The number of carbonyl (C=O) groups excluding carboxylic acids is 2. The minimum absolute atomic E-state index is 0.334. The Labute approximate surface area is 171 Å². The summed E-state index contributed by atoms with van der Waals surface area (Å²) in [6.45, 7) is -0.452. The highest BCUT2D eigenvalue weighted by Gasteiger charge is 2.08. The molecule has 7 nitrogen and oxygen atoms in total. The molecule has 4 N–H and O–H groups in total. The highest BCUT2D eigenvalue weighted by molar-refractivity contribution is 6.00. The first-order valence-corrected chi connectivity index (χ1v) is 8.95. The molecule has 0 aliphatic carbocycles. The molecule has 3 amide bonds. The van der Waals surface area contributed by atoms with Crippen LogP contribution in [-0.4, -0.2) is 29.6 Å². The zero-order chi connectivity index (χ0) is 21.5. The number of urea groups is 1. The molecule has 0 fully saturated rings. The quantitative estimate of drug-likeness (QED) is 0.496. The molecule has 8 heteroatoms. The molecule has 0 unspecified atom stereocenters. The first-order valence-electron chi connectivity index (χ1n) is 8.95. The average Bonchev–Trinajstić information content (AvgIpc) is 2.72. The predicted molar refractivity (Wildman–Crippen MR) is 111 cm³/mol. The minimum Gasteiger partial charge on any atom is -0.480 e. The second-order valence-electron chi connectivity index (χ2n) is 6.32. The molecule has 0 bridgehead atoms. The predicted octanol–water partition coefficient (Wildman–Crippen LogP) is 3.95. The summed E-state index contributed by atoms with van der Waals surface area (Å²) in [5, 5.41) is 16.2. The molecule has 0 spiro atoms. The number of carboxylic acids is 1. The number of anilines is 2. The Morgan fingerprint density at radius 1 is 0.800 bits per heavy atom. The molecule has 0 saturated heterocycles. The third kappa shape index (κ3) is 5.65. The van der Waals surface area contributed by atoms with E-state index in [0.717, 1.165) is 11.1 Å². The van der Waals surface area contributed by atoms with Crippen molar-refractivity contribution >= 4 is 29.3 Å². The second-order valence-corrected chi connectivity index (χ2v) is 6.32. The Morgan fingerprint density at radius 2 is 1.43 bits per heavy atom. The van der Waals surface area contributed by atoms with Crippen molar-refractivity contribution in [3.63, 3.8) is 0 Å². The van der Waals surface area contributed by atoms with Crippen LogP contribution in [-0.2, 0) is 4.79 Å². The van der Waals surface area contributed by atoms with Gasteiger partial charge < -0.3 is 21.1 Å². The third-order valence-corrected chi connectivity index (χ3v) is 4.08. The standard InChI is InChI=1S/C22H18FN3O4/c23-17-4-2-6-19(12-17)26-22(30)25-18-5-1-3-16(11-18)14-7-9-15(10-8-14)21(29)24-13-20(27)28/h1-12H,13H2,(H,24,29)(H,27,28)(H2,25,26,30). The molecule has 3 aromatic carbocycles. The minimum atomic E-state index is -1.12. The Hall–Kier alpha value is -4.20. The van der Waals surface area contributed by atoms with Gasteiger partial charge in [0.15, 0.2) is 0 Å². The van der Waals surface area contributed by atoms with Gasteiger partial charge in [0.05, 0.1) is 0 Å². The van der Waals surface area contributed by atoms with E-state index in [1.54, 1.807) is 48.5 Å². The van der Waals surface area contributed by atoms with Crippen LogP contribution in [0.5, 0.6) is 0 Å². The SMILES string of the molecule is O=C(O)CNC(=O)c1ccc(-c2cccc(NC(=O)Nc3cccc(F)c3)c2)cc1. The smallest absolute Gasteiger partial charge is 0.323 e. The van der Waals surface area contributed by atoms with Gasteiger partial charge in [0, 0.05) is 16.9 Å². The highest BCUT2D eigenvalue weighted by atomic mass is 19.1. The van der Waals surface area contributed by atoms with E-state index in [1.165, 1.54) is 18.2 Å². The lowest BCUT2D eigenvalue weighted by molar-refractivity contribution is -0.135. The van der Waals surface area contributed by atoms with Gasteiger partial charge in [0.2, 0.25) is 0 Å². The van der Waals surface area contributed by atoms with Gasteiger partial charge >= 0.3 is 12.0 Å². The molecule has 0 saturated carbocycles. The second kappa shape index (κ2) is 9.33. The van der Waals surface area contributed by atoms with Gasteiger partial charge in [-0.3, -0.25) is 9.59 Å². The van der Waals surface area contributed by atoms with Crippen LogP contribution >= 0.6 is 0 Å². The maximum atomic E-state index is 13.2. The van der Waals surface area contributed by atoms with Crippen molar-refractivity contribution in [2.75, 3.05) is 17.2 Å². The molecular formula is C22H18FN3O4. The number of carboxylic acid groups (broad SMARTS) is 1. The Bertz CT molecular complexity index is 1080. The van der Waals surface area contributed by atoms with Crippen molar-refractivity contribution < 1.29 is 23.9 Å². The van der Waals surface area contributed by atoms with Crippen LogP contribution < -0.4 is 16.0 Å². The maximum absolute atomic E-state index is 13.2. The van der Waals surface area contributed by atoms with Crippen molar-refractivity contribution in [1.29, 1.82) is 0 Å². The maximum Gasteiger partial charge on any atom is 0.323 e. The summed E-state index contributed by atoms with van der Waals surface area (Å²) in [4.78, 5) is 34.6. The summed E-state index contributed by atoms with van der Waals surface area (Å²) in [6, 6.07) is 18.8. The molecule has 152 valence electrons. The molecule has 0 atom stereocenters. The molecule has 0 heterocycles. The van der Waals surface area contributed by atoms with E-state index in [0.29, 0.717) is 16.9 Å². The number of halogens is 1. The fourth-order valence-electron chi connectivity index (χ4n) is 2.71. The summed E-state index contributed by atoms with van der Waals surface area (Å²) >= 11 is 0. The monoisotopic (exact) mass is 407 g/mol. The Balaban J connectivity index is 1.66. The lowest BCUT2D eigenvalue weighted by atomic mass is 10.0. The largest absolute Gasteiger partial charge is 0.480 e. The van der Waals surface area contributed by atoms with Crippen LogP contribution in [0.4, 0.5) is 20.6 Å². The zero-order valence-electron chi connectivity index (χ0n) is 15.7. The average molecular weight is 407 g/mol. The van der Waals surface area contributed by atoms with E-state index in [9.17, 15) is 18.8 Å².